The summed E-state index contributed by atoms with van der Waals surface area (Å²) in [5.74, 6) is 0.541. The van der Waals surface area contributed by atoms with Crippen LogP contribution in [0.4, 0.5) is 5.69 Å². The van der Waals surface area contributed by atoms with Crippen molar-refractivity contribution in [3.05, 3.63) is 51.2 Å². The van der Waals surface area contributed by atoms with Crippen LogP contribution in [0.1, 0.15) is 50.2 Å². The fourth-order valence-corrected chi connectivity index (χ4v) is 4.21. The van der Waals surface area contributed by atoms with Crippen molar-refractivity contribution in [2.75, 3.05) is 12.4 Å². The normalized spacial score (nSPS) is 16.3. The molecule has 0 saturated heterocycles. The summed E-state index contributed by atoms with van der Waals surface area (Å²) in [6.07, 6.45) is 4.61. The quantitative estimate of drug-likeness (QED) is 0.886. The van der Waals surface area contributed by atoms with Crippen LogP contribution in [0.2, 0.25) is 0 Å². The van der Waals surface area contributed by atoms with Gasteiger partial charge in [0.15, 0.2) is 0 Å². The maximum Gasteiger partial charge on any atom is 0.265 e. The molecule has 2 N–H and O–H groups in total. The van der Waals surface area contributed by atoms with Crippen molar-refractivity contribution in [3.63, 3.8) is 0 Å². The molecule has 2 aromatic rings. The Labute approximate surface area is 146 Å². The molecule has 2 amide bonds. The third-order valence-electron chi connectivity index (χ3n) is 4.62. The van der Waals surface area contributed by atoms with Crippen LogP contribution in [-0.2, 0) is 12.8 Å². The number of anilines is 1. The van der Waals surface area contributed by atoms with E-state index in [1.54, 1.807) is 42.6 Å². The van der Waals surface area contributed by atoms with Crippen LogP contribution < -0.4 is 10.6 Å². The minimum absolute atomic E-state index is 0.0739. The average molecular weight is 342 g/mol. The third-order valence-corrected chi connectivity index (χ3v) is 5.85. The molecular formula is C19H22N2O2S. The number of carbonyl (C=O) groups excluding carboxylic acids is 2. The zero-order chi connectivity index (χ0) is 17.1. The Morgan fingerprint density at radius 3 is 2.62 bits per heavy atom. The monoisotopic (exact) mass is 342 g/mol. The Balaban J connectivity index is 1.69. The van der Waals surface area contributed by atoms with E-state index in [0.717, 1.165) is 23.6 Å². The SMILES string of the molecule is CC[C@@H]1CCc2sc(C(=O)Nc3ccc(C(=O)NC)cc3)cc2C1. The first-order valence-electron chi connectivity index (χ1n) is 8.35. The minimum atomic E-state index is -0.135. The van der Waals surface area contributed by atoms with E-state index in [4.69, 9.17) is 0 Å². The number of rotatable bonds is 4. The molecule has 1 aliphatic carbocycles. The molecule has 1 aromatic carbocycles. The average Bonchev–Trinajstić information content (AvgIpc) is 3.05. The highest BCUT2D eigenvalue weighted by Crippen LogP contribution is 2.33. The summed E-state index contributed by atoms with van der Waals surface area (Å²) < 4.78 is 0. The Kier molecular flexibility index (Phi) is 5.00. The molecule has 24 heavy (non-hydrogen) atoms. The van der Waals surface area contributed by atoms with Crippen LogP contribution in [0.25, 0.3) is 0 Å². The number of nitrogens with one attached hydrogen (secondary N) is 2. The first-order chi connectivity index (χ1) is 11.6. The fourth-order valence-electron chi connectivity index (χ4n) is 3.10. The molecule has 1 atom stereocenters. The summed E-state index contributed by atoms with van der Waals surface area (Å²) in [6, 6.07) is 8.97. The number of aryl methyl sites for hydroxylation is 1. The predicted molar refractivity (Wildman–Crippen MR) is 97.9 cm³/mol. The van der Waals surface area contributed by atoms with Gasteiger partial charge < -0.3 is 10.6 Å². The molecule has 5 heteroatoms. The molecule has 1 heterocycles. The van der Waals surface area contributed by atoms with Gasteiger partial charge in [0.05, 0.1) is 4.88 Å². The van der Waals surface area contributed by atoms with Gasteiger partial charge in [0, 0.05) is 23.2 Å². The van der Waals surface area contributed by atoms with Crippen molar-refractivity contribution < 1.29 is 9.59 Å². The molecule has 0 bridgehead atoms. The third kappa shape index (κ3) is 3.51. The first kappa shape index (κ1) is 16.7. The van der Waals surface area contributed by atoms with E-state index >= 15 is 0 Å². The summed E-state index contributed by atoms with van der Waals surface area (Å²) in [6.45, 7) is 2.23. The molecule has 3 rings (SSSR count). The lowest BCUT2D eigenvalue weighted by molar-refractivity contribution is 0.0962. The molecular weight excluding hydrogens is 320 g/mol. The number of fused-ring (bicyclic) bond motifs is 1. The molecule has 0 spiro atoms. The van der Waals surface area contributed by atoms with Crippen molar-refractivity contribution >= 4 is 28.8 Å². The predicted octanol–water partition coefficient (Wildman–Crippen LogP) is 3.87. The standard InChI is InChI=1S/C19H22N2O2S/c1-3-12-4-9-16-14(10-12)11-17(24-16)19(23)21-15-7-5-13(6-8-15)18(22)20-2/h5-8,11-12H,3-4,9-10H2,1-2H3,(H,20,22)(H,21,23)/t12-/m1/s1. The van der Waals surface area contributed by atoms with E-state index in [1.807, 2.05) is 0 Å². The van der Waals surface area contributed by atoms with E-state index in [-0.39, 0.29) is 11.8 Å². The van der Waals surface area contributed by atoms with Gasteiger partial charge in [0.1, 0.15) is 0 Å². The number of thiophene rings is 1. The molecule has 0 aliphatic heterocycles. The lowest BCUT2D eigenvalue weighted by atomic mass is 9.87. The van der Waals surface area contributed by atoms with Crippen LogP contribution >= 0.6 is 11.3 Å². The van der Waals surface area contributed by atoms with Crippen LogP contribution in [0.5, 0.6) is 0 Å². The van der Waals surface area contributed by atoms with Crippen molar-refractivity contribution in [2.24, 2.45) is 5.92 Å². The number of amides is 2. The van der Waals surface area contributed by atoms with Crippen LogP contribution in [0.3, 0.4) is 0 Å². The van der Waals surface area contributed by atoms with Gasteiger partial charge in [-0.2, -0.15) is 0 Å². The van der Waals surface area contributed by atoms with E-state index in [0.29, 0.717) is 11.3 Å². The number of benzene rings is 1. The number of carbonyl (C=O) groups is 2. The highest BCUT2D eigenvalue weighted by Gasteiger charge is 2.22. The summed E-state index contributed by atoms with van der Waals surface area (Å²) >= 11 is 1.61. The largest absolute Gasteiger partial charge is 0.355 e. The van der Waals surface area contributed by atoms with Crippen molar-refractivity contribution in [1.29, 1.82) is 0 Å². The van der Waals surface area contributed by atoms with E-state index in [9.17, 15) is 9.59 Å². The lowest BCUT2D eigenvalue weighted by Crippen LogP contribution is -2.17. The van der Waals surface area contributed by atoms with Crippen molar-refractivity contribution in [3.8, 4) is 0 Å². The fraction of sp³-hybridized carbons (Fsp3) is 0.368. The second-order valence-electron chi connectivity index (χ2n) is 6.19. The van der Waals surface area contributed by atoms with Crippen molar-refractivity contribution in [2.45, 2.75) is 32.6 Å². The van der Waals surface area contributed by atoms with Gasteiger partial charge in [-0.1, -0.05) is 13.3 Å². The molecule has 126 valence electrons. The molecule has 0 radical (unpaired) electrons. The summed E-state index contributed by atoms with van der Waals surface area (Å²) in [5, 5.41) is 5.50. The molecule has 1 aliphatic rings. The molecule has 0 fully saturated rings. The van der Waals surface area contributed by atoms with Gasteiger partial charge in [-0.3, -0.25) is 9.59 Å². The Morgan fingerprint density at radius 2 is 1.96 bits per heavy atom. The first-order valence-corrected chi connectivity index (χ1v) is 9.17. The molecule has 4 nitrogen and oxygen atoms in total. The van der Waals surface area contributed by atoms with E-state index < -0.39 is 0 Å². The van der Waals surface area contributed by atoms with Crippen LogP contribution in [0.15, 0.2) is 30.3 Å². The lowest BCUT2D eigenvalue weighted by Gasteiger charge is -2.19. The summed E-state index contributed by atoms with van der Waals surface area (Å²) in [7, 11) is 1.60. The number of hydrogen-bond acceptors (Lipinski definition) is 3. The second-order valence-corrected chi connectivity index (χ2v) is 7.32. The topological polar surface area (TPSA) is 58.2 Å². The van der Waals surface area contributed by atoms with Gasteiger partial charge in [-0.05, 0) is 61.1 Å². The Hall–Kier alpha value is -2.14. The Morgan fingerprint density at radius 1 is 1.21 bits per heavy atom. The highest BCUT2D eigenvalue weighted by molar-refractivity contribution is 7.14. The number of hydrogen-bond donors (Lipinski definition) is 2. The summed E-state index contributed by atoms with van der Waals surface area (Å²) in [4.78, 5) is 26.1. The zero-order valence-corrected chi connectivity index (χ0v) is 14.8. The maximum atomic E-state index is 12.5. The van der Waals surface area contributed by atoms with Gasteiger partial charge in [0.25, 0.3) is 11.8 Å². The van der Waals surface area contributed by atoms with E-state index in [2.05, 4.69) is 23.6 Å². The summed E-state index contributed by atoms with van der Waals surface area (Å²) in [5.41, 5.74) is 2.62. The van der Waals surface area contributed by atoms with Crippen LogP contribution in [-0.4, -0.2) is 18.9 Å². The highest BCUT2D eigenvalue weighted by atomic mass is 32.1. The Bertz CT molecular complexity index is 749. The molecule has 0 saturated carbocycles. The van der Waals surface area contributed by atoms with Crippen LogP contribution in [0, 0.1) is 5.92 Å². The zero-order valence-electron chi connectivity index (χ0n) is 14.0. The van der Waals surface area contributed by atoms with Gasteiger partial charge in [-0.25, -0.2) is 0 Å². The smallest absolute Gasteiger partial charge is 0.265 e. The van der Waals surface area contributed by atoms with Gasteiger partial charge >= 0.3 is 0 Å². The van der Waals surface area contributed by atoms with Gasteiger partial charge in [-0.15, -0.1) is 11.3 Å². The molecule has 0 unspecified atom stereocenters. The second kappa shape index (κ2) is 7.18. The maximum absolute atomic E-state index is 12.5. The van der Waals surface area contributed by atoms with Crippen molar-refractivity contribution in [1.82, 2.24) is 5.32 Å². The van der Waals surface area contributed by atoms with Gasteiger partial charge in [0.2, 0.25) is 0 Å². The molecule has 1 aromatic heterocycles. The minimum Gasteiger partial charge on any atom is -0.355 e. The van der Waals surface area contributed by atoms with E-state index in [1.165, 1.54) is 23.3 Å².